The molecule has 2 heterocycles. The van der Waals surface area contributed by atoms with Gasteiger partial charge in [-0.25, -0.2) is 9.29 Å². The number of para-hydroxylation sites is 1. The van der Waals surface area contributed by atoms with Gasteiger partial charge in [-0.15, -0.1) is 0 Å². The molecular formula is C18H13FN2O3. The van der Waals surface area contributed by atoms with Crippen LogP contribution in [0.15, 0.2) is 59.8 Å². The molecule has 1 fully saturated rings. The molecule has 0 N–H and O–H groups in total. The molecule has 0 bridgehead atoms. The maximum atomic E-state index is 13.0. The van der Waals surface area contributed by atoms with Crippen LogP contribution in [-0.2, 0) is 14.4 Å². The van der Waals surface area contributed by atoms with Gasteiger partial charge in [-0.2, -0.15) is 0 Å². The second-order valence-electron chi connectivity index (χ2n) is 5.85. The van der Waals surface area contributed by atoms with Gasteiger partial charge in [-0.3, -0.25) is 9.59 Å². The van der Waals surface area contributed by atoms with E-state index >= 15 is 0 Å². The molecule has 0 saturated carbocycles. The van der Waals surface area contributed by atoms with Crippen molar-refractivity contribution in [2.45, 2.75) is 18.4 Å². The third-order valence-electron chi connectivity index (χ3n) is 4.25. The summed E-state index contributed by atoms with van der Waals surface area (Å²) in [6.45, 7) is 0. The number of anilines is 1. The minimum Gasteiger partial charge on any atom is -0.378 e. The molecule has 2 aromatic carbocycles. The van der Waals surface area contributed by atoms with Gasteiger partial charge >= 0.3 is 0 Å². The minimum absolute atomic E-state index is 0.0606. The first-order valence-corrected chi connectivity index (χ1v) is 7.52. The lowest BCUT2D eigenvalue weighted by atomic mass is 9.92. The van der Waals surface area contributed by atoms with Crippen LogP contribution in [0.25, 0.3) is 0 Å². The zero-order valence-electron chi connectivity index (χ0n) is 12.6. The summed E-state index contributed by atoms with van der Waals surface area (Å²) in [6.07, 6.45) is 0.126. The third kappa shape index (κ3) is 2.19. The Morgan fingerprint density at radius 1 is 1.00 bits per heavy atom. The third-order valence-corrected chi connectivity index (χ3v) is 4.25. The number of amides is 2. The van der Waals surface area contributed by atoms with E-state index in [1.807, 2.05) is 6.07 Å². The van der Waals surface area contributed by atoms with Crippen LogP contribution < -0.4 is 4.90 Å². The first-order valence-electron chi connectivity index (χ1n) is 7.52. The number of rotatable bonds is 2. The highest BCUT2D eigenvalue weighted by atomic mass is 19.1. The highest BCUT2D eigenvalue weighted by Crippen LogP contribution is 2.39. The number of oxime groups is 1. The van der Waals surface area contributed by atoms with Gasteiger partial charge in [-0.1, -0.05) is 35.5 Å². The molecule has 1 atom stereocenters. The fourth-order valence-electron chi connectivity index (χ4n) is 3.04. The van der Waals surface area contributed by atoms with E-state index in [2.05, 4.69) is 5.16 Å². The van der Waals surface area contributed by atoms with Crippen LogP contribution in [-0.4, -0.2) is 23.1 Å². The van der Waals surface area contributed by atoms with E-state index in [4.69, 9.17) is 4.84 Å². The van der Waals surface area contributed by atoms with Gasteiger partial charge in [0.1, 0.15) is 5.82 Å². The lowest BCUT2D eigenvalue weighted by Gasteiger charge is -2.19. The van der Waals surface area contributed by atoms with E-state index in [-0.39, 0.29) is 24.6 Å². The average Bonchev–Trinajstić information content (AvgIpc) is 3.11. The molecule has 2 amide bonds. The summed E-state index contributed by atoms with van der Waals surface area (Å²) in [5.74, 6) is -1.09. The summed E-state index contributed by atoms with van der Waals surface area (Å²) in [5.41, 5.74) is 0.428. The Labute approximate surface area is 137 Å². The van der Waals surface area contributed by atoms with E-state index < -0.39 is 11.5 Å². The maximum absolute atomic E-state index is 13.0. The van der Waals surface area contributed by atoms with Crippen molar-refractivity contribution in [1.29, 1.82) is 0 Å². The Bertz CT molecular complexity index is 848. The first kappa shape index (κ1) is 14.6. The van der Waals surface area contributed by atoms with Gasteiger partial charge in [0, 0.05) is 6.42 Å². The molecule has 0 aromatic heterocycles. The van der Waals surface area contributed by atoms with E-state index in [1.54, 1.807) is 36.4 Å². The van der Waals surface area contributed by atoms with Crippen LogP contribution in [0.4, 0.5) is 10.1 Å². The minimum atomic E-state index is -1.29. The standard InChI is InChI=1S/C18H13FN2O3/c19-13-8-6-12(7-9-13)15-10-18(24-20-15)11-16(22)21(17(18)23)14-4-2-1-3-5-14/h1-9H,10-11H2/t18-/m1/s1. The van der Waals surface area contributed by atoms with Crippen LogP contribution in [0.2, 0.25) is 0 Å². The van der Waals surface area contributed by atoms with Crippen LogP contribution >= 0.6 is 0 Å². The topological polar surface area (TPSA) is 59.0 Å². The molecule has 2 aromatic rings. The van der Waals surface area contributed by atoms with Crippen molar-refractivity contribution in [3.05, 3.63) is 66.0 Å². The van der Waals surface area contributed by atoms with E-state index in [9.17, 15) is 14.0 Å². The van der Waals surface area contributed by atoms with Gasteiger partial charge < -0.3 is 4.84 Å². The van der Waals surface area contributed by atoms with E-state index in [1.165, 1.54) is 12.1 Å². The van der Waals surface area contributed by atoms with Gasteiger partial charge in [-0.05, 0) is 29.8 Å². The molecule has 0 radical (unpaired) electrons. The van der Waals surface area contributed by atoms with Gasteiger partial charge in [0.25, 0.3) is 5.91 Å². The summed E-state index contributed by atoms with van der Waals surface area (Å²) in [5, 5.41) is 3.98. The van der Waals surface area contributed by atoms with E-state index in [0.29, 0.717) is 17.0 Å². The first-order chi connectivity index (χ1) is 11.6. The Morgan fingerprint density at radius 3 is 2.42 bits per heavy atom. The highest BCUT2D eigenvalue weighted by Gasteiger charge is 2.57. The van der Waals surface area contributed by atoms with Crippen LogP contribution in [0.1, 0.15) is 18.4 Å². The molecule has 2 aliphatic heterocycles. The van der Waals surface area contributed by atoms with Crippen molar-refractivity contribution in [3.63, 3.8) is 0 Å². The second kappa shape index (κ2) is 5.26. The van der Waals surface area contributed by atoms with Gasteiger partial charge in [0.15, 0.2) is 0 Å². The number of carbonyl (C=O) groups is 2. The zero-order valence-corrected chi connectivity index (χ0v) is 12.6. The normalized spacial score (nSPS) is 22.9. The Morgan fingerprint density at radius 2 is 1.71 bits per heavy atom. The monoisotopic (exact) mass is 324 g/mol. The molecule has 6 heteroatoms. The summed E-state index contributed by atoms with van der Waals surface area (Å²) >= 11 is 0. The SMILES string of the molecule is O=C1C[C@]2(CC(c3ccc(F)cc3)=NO2)C(=O)N1c1ccccc1. The van der Waals surface area contributed by atoms with Crippen molar-refractivity contribution in [2.24, 2.45) is 5.16 Å². The number of nitrogens with zero attached hydrogens (tertiary/aromatic N) is 2. The molecule has 2 aliphatic rings. The van der Waals surface area contributed by atoms with Crippen molar-refractivity contribution in [2.75, 3.05) is 4.90 Å². The number of halogens is 1. The predicted octanol–water partition coefficient (Wildman–Crippen LogP) is 2.65. The lowest BCUT2D eigenvalue weighted by Crippen LogP contribution is -2.40. The van der Waals surface area contributed by atoms with Crippen molar-refractivity contribution < 1.29 is 18.8 Å². The number of hydrogen-bond donors (Lipinski definition) is 0. The molecule has 1 saturated heterocycles. The van der Waals surface area contributed by atoms with Crippen molar-refractivity contribution in [1.82, 2.24) is 0 Å². The lowest BCUT2D eigenvalue weighted by molar-refractivity contribution is -0.136. The van der Waals surface area contributed by atoms with Crippen molar-refractivity contribution in [3.8, 4) is 0 Å². The molecule has 24 heavy (non-hydrogen) atoms. The summed E-state index contributed by atoms with van der Waals surface area (Å²) in [7, 11) is 0. The summed E-state index contributed by atoms with van der Waals surface area (Å²) in [6, 6.07) is 14.5. The molecule has 0 aliphatic carbocycles. The molecule has 0 unspecified atom stereocenters. The number of carbonyl (C=O) groups excluding carboxylic acids is 2. The van der Waals surface area contributed by atoms with E-state index in [0.717, 1.165) is 4.90 Å². The molecule has 5 nitrogen and oxygen atoms in total. The largest absolute Gasteiger partial charge is 0.378 e. The summed E-state index contributed by atoms with van der Waals surface area (Å²) in [4.78, 5) is 31.7. The van der Waals surface area contributed by atoms with Crippen LogP contribution in [0, 0.1) is 5.82 Å². The second-order valence-corrected chi connectivity index (χ2v) is 5.85. The molecule has 120 valence electrons. The Kier molecular flexibility index (Phi) is 3.19. The Balaban J connectivity index is 1.61. The zero-order chi connectivity index (χ0) is 16.7. The smallest absolute Gasteiger partial charge is 0.281 e. The number of benzene rings is 2. The molecule has 1 spiro atoms. The fraction of sp³-hybridized carbons (Fsp3) is 0.167. The fourth-order valence-corrected chi connectivity index (χ4v) is 3.04. The molecule has 4 rings (SSSR count). The maximum Gasteiger partial charge on any atom is 0.281 e. The van der Waals surface area contributed by atoms with Crippen molar-refractivity contribution >= 4 is 23.2 Å². The Hall–Kier alpha value is -3.02. The predicted molar refractivity (Wildman–Crippen MR) is 84.9 cm³/mol. The summed E-state index contributed by atoms with van der Waals surface area (Å²) < 4.78 is 13.0. The quantitative estimate of drug-likeness (QED) is 0.798. The average molecular weight is 324 g/mol. The van der Waals surface area contributed by atoms with Crippen LogP contribution in [0.5, 0.6) is 0 Å². The van der Waals surface area contributed by atoms with Gasteiger partial charge in [0.2, 0.25) is 11.5 Å². The number of hydrogen-bond acceptors (Lipinski definition) is 4. The number of imide groups is 1. The van der Waals surface area contributed by atoms with Gasteiger partial charge in [0.05, 0.1) is 17.8 Å². The highest BCUT2D eigenvalue weighted by molar-refractivity contribution is 6.25. The molecular weight excluding hydrogens is 311 g/mol. The van der Waals surface area contributed by atoms with Crippen LogP contribution in [0.3, 0.4) is 0 Å².